The van der Waals surface area contributed by atoms with Crippen molar-refractivity contribution in [3.05, 3.63) is 57.3 Å². The molecule has 1 unspecified atom stereocenters. The molecule has 0 saturated carbocycles. The van der Waals surface area contributed by atoms with Gasteiger partial charge >= 0.3 is 0 Å². The smallest absolute Gasteiger partial charge is 0.251 e. The largest absolute Gasteiger partial charge is 0.388 e. The lowest BCUT2D eigenvalue weighted by Crippen LogP contribution is -2.25. The summed E-state index contributed by atoms with van der Waals surface area (Å²) in [5.74, 6) is -0.0407. The van der Waals surface area contributed by atoms with E-state index in [0.29, 0.717) is 12.1 Å². The van der Waals surface area contributed by atoms with Crippen molar-refractivity contribution in [3.8, 4) is 0 Å². The van der Waals surface area contributed by atoms with Gasteiger partial charge in [-0.05, 0) is 44.5 Å². The van der Waals surface area contributed by atoms with Gasteiger partial charge in [0.25, 0.3) is 5.91 Å². The summed E-state index contributed by atoms with van der Waals surface area (Å²) in [5.41, 5.74) is 1.78. The summed E-state index contributed by atoms with van der Waals surface area (Å²) < 4.78 is 0. The highest BCUT2D eigenvalue weighted by molar-refractivity contribution is 7.12. The number of carbonyl (C=O) groups is 1. The third kappa shape index (κ3) is 3.92. The van der Waals surface area contributed by atoms with Gasteiger partial charge in [0.05, 0.1) is 6.10 Å². The second-order valence-electron chi connectivity index (χ2n) is 4.86. The van der Waals surface area contributed by atoms with E-state index in [1.807, 2.05) is 43.3 Å². The SMILES string of the molecule is Cc1cccc(C(=O)NCCc2ccc(C(C)O)s2)c1. The molecule has 0 aliphatic rings. The predicted octanol–water partition coefficient (Wildman–Crippen LogP) is 3.08. The van der Waals surface area contributed by atoms with Gasteiger partial charge in [0.1, 0.15) is 0 Å². The maximum atomic E-state index is 12.0. The van der Waals surface area contributed by atoms with Crippen molar-refractivity contribution in [1.82, 2.24) is 5.32 Å². The van der Waals surface area contributed by atoms with Crippen LogP contribution in [0.5, 0.6) is 0 Å². The lowest BCUT2D eigenvalue weighted by molar-refractivity contribution is 0.0954. The third-order valence-corrected chi connectivity index (χ3v) is 4.35. The zero-order valence-corrected chi connectivity index (χ0v) is 12.5. The van der Waals surface area contributed by atoms with Crippen LogP contribution >= 0.6 is 11.3 Å². The molecular weight excluding hydrogens is 270 g/mol. The normalized spacial score (nSPS) is 12.2. The summed E-state index contributed by atoms with van der Waals surface area (Å²) >= 11 is 1.59. The molecule has 0 saturated heterocycles. The molecule has 3 nitrogen and oxygen atoms in total. The average Bonchev–Trinajstić information content (AvgIpc) is 2.87. The van der Waals surface area contributed by atoms with Gasteiger partial charge in [-0.3, -0.25) is 4.79 Å². The summed E-state index contributed by atoms with van der Waals surface area (Å²) in [5, 5.41) is 12.4. The molecule has 2 N–H and O–H groups in total. The minimum Gasteiger partial charge on any atom is -0.388 e. The number of aryl methyl sites for hydroxylation is 1. The highest BCUT2D eigenvalue weighted by Crippen LogP contribution is 2.22. The Hall–Kier alpha value is -1.65. The fraction of sp³-hybridized carbons (Fsp3) is 0.312. The van der Waals surface area contributed by atoms with Crippen molar-refractivity contribution in [2.45, 2.75) is 26.4 Å². The van der Waals surface area contributed by atoms with Crippen molar-refractivity contribution in [3.63, 3.8) is 0 Å². The molecule has 0 radical (unpaired) electrons. The van der Waals surface area contributed by atoms with E-state index in [-0.39, 0.29) is 5.91 Å². The highest BCUT2D eigenvalue weighted by Gasteiger charge is 2.07. The predicted molar refractivity (Wildman–Crippen MR) is 82.2 cm³/mol. The molecule has 0 bridgehead atoms. The summed E-state index contributed by atoms with van der Waals surface area (Å²) in [7, 11) is 0. The first-order valence-corrected chi connectivity index (χ1v) is 7.49. The van der Waals surface area contributed by atoms with Crippen molar-refractivity contribution >= 4 is 17.2 Å². The molecule has 106 valence electrons. The van der Waals surface area contributed by atoms with Crippen molar-refractivity contribution < 1.29 is 9.90 Å². The molecule has 2 aromatic rings. The van der Waals surface area contributed by atoms with Crippen LogP contribution in [0.2, 0.25) is 0 Å². The molecule has 0 aliphatic heterocycles. The Morgan fingerprint density at radius 3 is 2.80 bits per heavy atom. The van der Waals surface area contributed by atoms with Crippen LogP contribution in [0.4, 0.5) is 0 Å². The van der Waals surface area contributed by atoms with Gasteiger partial charge in [0.15, 0.2) is 0 Å². The molecule has 1 heterocycles. The number of amides is 1. The fourth-order valence-corrected chi connectivity index (χ4v) is 2.89. The zero-order valence-electron chi connectivity index (χ0n) is 11.7. The Morgan fingerprint density at radius 2 is 2.15 bits per heavy atom. The molecule has 2 rings (SSSR count). The highest BCUT2D eigenvalue weighted by atomic mass is 32.1. The summed E-state index contributed by atoms with van der Waals surface area (Å²) in [6.07, 6.45) is 0.366. The van der Waals surface area contributed by atoms with Gasteiger partial charge in [0.2, 0.25) is 0 Å². The number of carbonyl (C=O) groups excluding carboxylic acids is 1. The first kappa shape index (κ1) is 14.8. The summed E-state index contributed by atoms with van der Waals surface area (Å²) in [6, 6.07) is 11.5. The number of aliphatic hydroxyl groups is 1. The number of hydrogen-bond acceptors (Lipinski definition) is 3. The van der Waals surface area contributed by atoms with Crippen molar-refractivity contribution in [2.24, 2.45) is 0 Å². The van der Waals surface area contributed by atoms with E-state index in [4.69, 9.17) is 0 Å². The van der Waals surface area contributed by atoms with Crippen LogP contribution in [0.3, 0.4) is 0 Å². The molecule has 1 amide bonds. The average molecular weight is 289 g/mol. The molecule has 4 heteroatoms. The number of aliphatic hydroxyl groups excluding tert-OH is 1. The van der Waals surface area contributed by atoms with Crippen LogP contribution in [-0.4, -0.2) is 17.6 Å². The third-order valence-electron chi connectivity index (χ3n) is 3.03. The van der Waals surface area contributed by atoms with Gasteiger partial charge in [-0.15, -0.1) is 11.3 Å². The number of rotatable bonds is 5. The molecule has 0 spiro atoms. The van der Waals surface area contributed by atoms with Gasteiger partial charge in [-0.2, -0.15) is 0 Å². The monoisotopic (exact) mass is 289 g/mol. The van der Waals surface area contributed by atoms with Gasteiger partial charge in [-0.25, -0.2) is 0 Å². The number of thiophene rings is 1. The van der Waals surface area contributed by atoms with E-state index < -0.39 is 6.10 Å². The van der Waals surface area contributed by atoms with Crippen LogP contribution in [0.1, 0.15) is 38.7 Å². The topological polar surface area (TPSA) is 49.3 Å². The van der Waals surface area contributed by atoms with Crippen LogP contribution in [0, 0.1) is 6.92 Å². The Balaban J connectivity index is 1.84. The molecule has 1 aromatic heterocycles. The Bertz CT molecular complexity index is 590. The second kappa shape index (κ2) is 6.68. The molecular formula is C16H19NO2S. The summed E-state index contributed by atoms with van der Waals surface area (Å²) in [6.45, 7) is 4.33. The lowest BCUT2D eigenvalue weighted by Gasteiger charge is -2.05. The molecule has 20 heavy (non-hydrogen) atoms. The quantitative estimate of drug-likeness (QED) is 0.888. The second-order valence-corrected chi connectivity index (χ2v) is 6.06. The minimum atomic E-state index is -0.421. The minimum absolute atomic E-state index is 0.0407. The lowest BCUT2D eigenvalue weighted by atomic mass is 10.1. The van der Waals surface area contributed by atoms with E-state index in [0.717, 1.165) is 16.9 Å². The van der Waals surface area contributed by atoms with Crippen LogP contribution in [0.25, 0.3) is 0 Å². The van der Waals surface area contributed by atoms with Gasteiger partial charge in [0, 0.05) is 21.9 Å². The van der Waals surface area contributed by atoms with E-state index in [1.165, 1.54) is 4.88 Å². The van der Waals surface area contributed by atoms with Gasteiger partial charge < -0.3 is 10.4 Å². The number of nitrogens with one attached hydrogen (secondary N) is 1. The van der Waals surface area contributed by atoms with Gasteiger partial charge in [-0.1, -0.05) is 17.7 Å². The van der Waals surface area contributed by atoms with E-state index in [9.17, 15) is 9.90 Å². The Kier molecular flexibility index (Phi) is 4.93. The van der Waals surface area contributed by atoms with E-state index in [2.05, 4.69) is 5.32 Å². The Labute approximate surface area is 123 Å². The zero-order chi connectivity index (χ0) is 14.5. The first-order chi connectivity index (χ1) is 9.56. The van der Waals surface area contributed by atoms with E-state index >= 15 is 0 Å². The molecule has 1 atom stereocenters. The van der Waals surface area contributed by atoms with Crippen molar-refractivity contribution in [2.75, 3.05) is 6.54 Å². The Morgan fingerprint density at radius 1 is 1.35 bits per heavy atom. The van der Waals surface area contributed by atoms with Crippen LogP contribution in [-0.2, 0) is 6.42 Å². The van der Waals surface area contributed by atoms with Crippen molar-refractivity contribution in [1.29, 1.82) is 0 Å². The van der Waals surface area contributed by atoms with E-state index in [1.54, 1.807) is 18.3 Å². The maximum absolute atomic E-state index is 12.0. The molecule has 1 aromatic carbocycles. The first-order valence-electron chi connectivity index (χ1n) is 6.68. The number of hydrogen-bond donors (Lipinski definition) is 2. The summed E-state index contributed by atoms with van der Waals surface area (Å²) in [4.78, 5) is 14.1. The standard InChI is InChI=1S/C16H19NO2S/c1-11-4-3-5-13(10-11)16(19)17-9-8-14-6-7-15(20-14)12(2)18/h3-7,10,12,18H,8-9H2,1-2H3,(H,17,19). The van der Waals surface area contributed by atoms with Crippen LogP contribution < -0.4 is 5.32 Å². The maximum Gasteiger partial charge on any atom is 0.251 e. The molecule has 0 fully saturated rings. The fourth-order valence-electron chi connectivity index (χ4n) is 1.94. The van der Waals surface area contributed by atoms with Crippen LogP contribution in [0.15, 0.2) is 36.4 Å². The number of benzene rings is 1. The molecule has 0 aliphatic carbocycles.